The molecule has 0 fully saturated rings. The van der Waals surface area contributed by atoms with Crippen LogP contribution in [0.1, 0.15) is 134 Å². The number of hydrogen-bond acceptors (Lipinski definition) is 3. The van der Waals surface area contributed by atoms with E-state index in [-0.39, 0.29) is 28.3 Å². The van der Waals surface area contributed by atoms with Crippen molar-refractivity contribution in [1.29, 1.82) is 0 Å². The van der Waals surface area contributed by atoms with Gasteiger partial charge >= 0.3 is 0 Å². The molecule has 0 aliphatic heterocycles. The molecule has 0 unspecified atom stereocenters. The van der Waals surface area contributed by atoms with E-state index in [0.717, 1.165) is 47.6 Å². The standard InChI is InChI=1S/C39H56N2O2.BrH/c1-6-7-8-9-10-11-12-13-14-15-16-17-26-43-38-29-35(23-24-37(38)39(3,4)5)31-41(32(2)42)36-22-18-20-33(28-36)27-34-21-19-25-40-30-34;/h18-25,28-30H,6-17,26-27,31H2,1-5H3;1H. The second-order valence-corrected chi connectivity index (χ2v) is 13.1. The third-order valence-corrected chi connectivity index (χ3v) is 8.18. The van der Waals surface area contributed by atoms with Gasteiger partial charge < -0.3 is 9.64 Å². The van der Waals surface area contributed by atoms with Crippen LogP contribution in [0.2, 0.25) is 0 Å². The lowest BCUT2D eigenvalue weighted by Crippen LogP contribution is -2.28. The second-order valence-electron chi connectivity index (χ2n) is 13.1. The SMILES string of the molecule is Br.CCCCCCCCCCCCCCOc1cc(CN(C(C)=O)c2cccc(Cc3cccnc3)c2)ccc1C(C)(C)C. The highest BCUT2D eigenvalue weighted by Gasteiger charge is 2.21. The van der Waals surface area contributed by atoms with E-state index in [9.17, 15) is 4.79 Å². The summed E-state index contributed by atoms with van der Waals surface area (Å²) in [5.41, 5.74) is 5.49. The largest absolute Gasteiger partial charge is 0.493 e. The number of amides is 1. The Morgan fingerprint density at radius 1 is 0.773 bits per heavy atom. The summed E-state index contributed by atoms with van der Waals surface area (Å²) < 4.78 is 6.42. The van der Waals surface area contributed by atoms with Gasteiger partial charge in [0.25, 0.3) is 0 Å². The highest BCUT2D eigenvalue weighted by molar-refractivity contribution is 8.93. The van der Waals surface area contributed by atoms with E-state index in [1.54, 1.807) is 13.1 Å². The number of rotatable bonds is 19. The summed E-state index contributed by atoms with van der Waals surface area (Å²) in [4.78, 5) is 18.9. The Balaban J connectivity index is 0.00000675. The monoisotopic (exact) mass is 664 g/mol. The zero-order valence-corrected chi connectivity index (χ0v) is 29.8. The van der Waals surface area contributed by atoms with E-state index in [1.807, 2.05) is 29.3 Å². The molecule has 0 atom stereocenters. The summed E-state index contributed by atoms with van der Waals surface area (Å²) >= 11 is 0. The van der Waals surface area contributed by atoms with Gasteiger partial charge in [-0.2, -0.15) is 0 Å². The van der Waals surface area contributed by atoms with Crippen LogP contribution in [0, 0.1) is 0 Å². The number of unbranched alkanes of at least 4 members (excludes halogenated alkanes) is 11. The molecule has 2 aromatic carbocycles. The quantitative estimate of drug-likeness (QED) is 0.120. The molecular weight excluding hydrogens is 608 g/mol. The summed E-state index contributed by atoms with van der Waals surface area (Å²) in [6.45, 7) is 11.9. The van der Waals surface area contributed by atoms with Gasteiger partial charge in [0, 0.05) is 25.0 Å². The van der Waals surface area contributed by atoms with Gasteiger partial charge in [-0.25, -0.2) is 0 Å². The minimum absolute atomic E-state index is 0. The minimum Gasteiger partial charge on any atom is -0.493 e. The van der Waals surface area contributed by atoms with Crippen molar-refractivity contribution in [1.82, 2.24) is 4.98 Å². The molecule has 0 radical (unpaired) electrons. The molecule has 0 saturated carbocycles. The fourth-order valence-corrected chi connectivity index (χ4v) is 5.67. The molecule has 5 heteroatoms. The first-order chi connectivity index (χ1) is 20.8. The highest BCUT2D eigenvalue weighted by Crippen LogP contribution is 2.33. The maximum absolute atomic E-state index is 12.8. The molecule has 1 amide bonds. The third-order valence-electron chi connectivity index (χ3n) is 8.18. The normalized spacial score (nSPS) is 11.2. The number of halogens is 1. The second kappa shape index (κ2) is 20.4. The van der Waals surface area contributed by atoms with Gasteiger partial charge in [0.15, 0.2) is 0 Å². The van der Waals surface area contributed by atoms with E-state index >= 15 is 0 Å². The lowest BCUT2D eigenvalue weighted by molar-refractivity contribution is -0.116. The van der Waals surface area contributed by atoms with Crippen LogP contribution >= 0.6 is 17.0 Å². The van der Waals surface area contributed by atoms with Crippen molar-refractivity contribution in [2.75, 3.05) is 11.5 Å². The minimum atomic E-state index is -0.0225. The van der Waals surface area contributed by atoms with Gasteiger partial charge in [0.2, 0.25) is 5.91 Å². The van der Waals surface area contributed by atoms with E-state index < -0.39 is 0 Å². The number of aromatic nitrogens is 1. The molecule has 3 rings (SSSR count). The van der Waals surface area contributed by atoms with Crippen LogP contribution in [0.4, 0.5) is 5.69 Å². The van der Waals surface area contributed by atoms with Crippen molar-refractivity contribution in [2.45, 2.75) is 130 Å². The summed E-state index contributed by atoms with van der Waals surface area (Å²) in [6, 6.07) is 18.8. The lowest BCUT2D eigenvalue weighted by Gasteiger charge is -2.26. The number of nitrogens with zero attached hydrogens (tertiary/aromatic N) is 2. The number of hydrogen-bond donors (Lipinski definition) is 0. The first kappa shape index (κ1) is 37.5. The average Bonchev–Trinajstić information content (AvgIpc) is 2.98. The summed E-state index contributed by atoms with van der Waals surface area (Å²) in [6.07, 6.45) is 20.5. The van der Waals surface area contributed by atoms with Gasteiger partial charge in [-0.15, -0.1) is 17.0 Å². The van der Waals surface area contributed by atoms with Gasteiger partial charge in [-0.1, -0.05) is 129 Å². The molecule has 0 bridgehead atoms. The van der Waals surface area contributed by atoms with Crippen molar-refractivity contribution >= 4 is 28.6 Å². The molecule has 3 aromatic rings. The fraction of sp³-hybridized carbons (Fsp3) is 0.538. The molecule has 0 spiro atoms. The smallest absolute Gasteiger partial charge is 0.224 e. The Hall–Kier alpha value is -2.66. The molecule has 0 aliphatic carbocycles. The van der Waals surface area contributed by atoms with Crippen LogP contribution in [-0.2, 0) is 23.2 Å². The van der Waals surface area contributed by atoms with Crippen LogP contribution in [0.15, 0.2) is 67.0 Å². The molecule has 44 heavy (non-hydrogen) atoms. The Morgan fingerprint density at radius 3 is 2.00 bits per heavy atom. The van der Waals surface area contributed by atoms with Gasteiger partial charge in [-0.3, -0.25) is 9.78 Å². The molecule has 0 saturated heterocycles. The molecule has 0 aliphatic rings. The van der Waals surface area contributed by atoms with E-state index in [2.05, 4.69) is 69.1 Å². The first-order valence-corrected chi connectivity index (χ1v) is 16.8. The van der Waals surface area contributed by atoms with Crippen LogP contribution < -0.4 is 9.64 Å². The van der Waals surface area contributed by atoms with Crippen LogP contribution in [0.25, 0.3) is 0 Å². The van der Waals surface area contributed by atoms with Crippen molar-refractivity contribution in [3.05, 3.63) is 89.2 Å². The summed E-state index contributed by atoms with van der Waals surface area (Å²) in [5, 5.41) is 0. The maximum Gasteiger partial charge on any atom is 0.224 e. The Morgan fingerprint density at radius 2 is 1.41 bits per heavy atom. The highest BCUT2D eigenvalue weighted by atomic mass is 79.9. The topological polar surface area (TPSA) is 42.4 Å². The van der Waals surface area contributed by atoms with Crippen molar-refractivity contribution in [2.24, 2.45) is 0 Å². The van der Waals surface area contributed by atoms with Gasteiger partial charge in [0.1, 0.15) is 5.75 Å². The van der Waals surface area contributed by atoms with Crippen LogP contribution in [0.5, 0.6) is 5.75 Å². The van der Waals surface area contributed by atoms with Crippen molar-refractivity contribution in [3.8, 4) is 5.75 Å². The predicted molar refractivity (Wildman–Crippen MR) is 192 cm³/mol. The number of benzene rings is 2. The summed E-state index contributed by atoms with van der Waals surface area (Å²) in [7, 11) is 0. The van der Waals surface area contributed by atoms with Crippen LogP contribution in [0.3, 0.4) is 0 Å². The zero-order chi connectivity index (χ0) is 30.9. The summed E-state index contributed by atoms with van der Waals surface area (Å²) in [5.74, 6) is 0.972. The number of anilines is 1. The average molecular weight is 666 g/mol. The molecule has 1 heterocycles. The van der Waals surface area contributed by atoms with E-state index in [0.29, 0.717) is 6.54 Å². The number of ether oxygens (including phenoxy) is 1. The Bertz CT molecular complexity index is 1220. The van der Waals surface area contributed by atoms with Crippen molar-refractivity contribution < 1.29 is 9.53 Å². The Kier molecular flexibility index (Phi) is 17.4. The molecule has 1 aromatic heterocycles. The first-order valence-electron chi connectivity index (χ1n) is 16.8. The van der Waals surface area contributed by atoms with E-state index in [4.69, 9.17) is 4.74 Å². The molecule has 0 N–H and O–H groups in total. The molecule has 4 nitrogen and oxygen atoms in total. The molecular formula is C39H57BrN2O2. The number of carbonyl (C=O) groups is 1. The Labute approximate surface area is 278 Å². The van der Waals surface area contributed by atoms with Gasteiger partial charge in [-0.05, 0) is 64.8 Å². The zero-order valence-electron chi connectivity index (χ0n) is 28.1. The van der Waals surface area contributed by atoms with Crippen molar-refractivity contribution in [3.63, 3.8) is 0 Å². The maximum atomic E-state index is 12.8. The van der Waals surface area contributed by atoms with Gasteiger partial charge in [0.05, 0.1) is 13.2 Å². The van der Waals surface area contributed by atoms with E-state index in [1.165, 1.54) is 76.2 Å². The van der Waals surface area contributed by atoms with Crippen LogP contribution in [-0.4, -0.2) is 17.5 Å². The number of carbonyl (C=O) groups excluding carboxylic acids is 1. The third kappa shape index (κ3) is 13.5. The predicted octanol–water partition coefficient (Wildman–Crippen LogP) is 11.2. The number of pyridine rings is 1. The lowest BCUT2D eigenvalue weighted by atomic mass is 9.85. The fourth-order valence-electron chi connectivity index (χ4n) is 5.67. The molecule has 242 valence electrons.